The van der Waals surface area contributed by atoms with Crippen molar-refractivity contribution in [3.05, 3.63) is 28.3 Å². The van der Waals surface area contributed by atoms with Crippen molar-refractivity contribution < 1.29 is 21.8 Å². The third-order valence-corrected chi connectivity index (χ3v) is 8.12. The number of benzene rings is 1. The van der Waals surface area contributed by atoms with Crippen LogP contribution in [0.3, 0.4) is 0 Å². The standard InChI is InChI=1S/C14H19N3O6S2/c18-17(19)14-9-12(25(22,23)16-6-1-2-7-16)3-4-13(14)15-11-5-8-24(20,21)10-11/h3-4,9,11,15H,1-2,5-8,10H2/t11-/m0/s1. The van der Waals surface area contributed by atoms with Gasteiger partial charge in [0.1, 0.15) is 5.69 Å². The Morgan fingerprint density at radius 1 is 1.24 bits per heavy atom. The van der Waals surface area contributed by atoms with Gasteiger partial charge in [0.15, 0.2) is 9.84 Å². The predicted octanol–water partition coefficient (Wildman–Crippen LogP) is 0.978. The van der Waals surface area contributed by atoms with E-state index in [0.717, 1.165) is 18.9 Å². The SMILES string of the molecule is O=[N+]([O-])c1cc(S(=O)(=O)N2CCCC2)ccc1N[C@H]1CCS(=O)(=O)C1. The Labute approximate surface area is 146 Å². The predicted molar refractivity (Wildman–Crippen MR) is 91.8 cm³/mol. The molecule has 0 aromatic heterocycles. The van der Waals surface area contributed by atoms with E-state index in [2.05, 4.69) is 5.32 Å². The average Bonchev–Trinajstić information content (AvgIpc) is 3.17. The van der Waals surface area contributed by atoms with Crippen molar-refractivity contribution in [3.8, 4) is 0 Å². The van der Waals surface area contributed by atoms with Crippen LogP contribution < -0.4 is 5.32 Å². The topological polar surface area (TPSA) is 127 Å². The number of hydrogen-bond donors (Lipinski definition) is 1. The second-order valence-corrected chi connectivity index (χ2v) is 10.5. The largest absolute Gasteiger partial charge is 0.376 e. The van der Waals surface area contributed by atoms with Crippen molar-refractivity contribution in [2.75, 3.05) is 29.9 Å². The number of sulfone groups is 1. The summed E-state index contributed by atoms with van der Waals surface area (Å²) in [6.45, 7) is 0.826. The molecular formula is C14H19N3O6S2. The van der Waals surface area contributed by atoms with Gasteiger partial charge in [0.05, 0.1) is 21.3 Å². The maximum absolute atomic E-state index is 12.6. The van der Waals surface area contributed by atoms with Crippen LogP contribution in [0, 0.1) is 10.1 Å². The maximum atomic E-state index is 12.6. The van der Waals surface area contributed by atoms with E-state index in [9.17, 15) is 26.9 Å². The Balaban J connectivity index is 1.90. The number of nitrogens with one attached hydrogen (secondary N) is 1. The molecule has 0 spiro atoms. The number of hydrogen-bond acceptors (Lipinski definition) is 7. The fourth-order valence-electron chi connectivity index (χ4n) is 3.15. The van der Waals surface area contributed by atoms with Gasteiger partial charge in [-0.1, -0.05) is 0 Å². The molecule has 138 valence electrons. The fourth-order valence-corrected chi connectivity index (χ4v) is 6.36. The molecule has 25 heavy (non-hydrogen) atoms. The van der Waals surface area contributed by atoms with E-state index >= 15 is 0 Å². The van der Waals surface area contributed by atoms with Gasteiger partial charge in [-0.15, -0.1) is 0 Å². The minimum absolute atomic E-state index is 0.0416. The molecule has 1 atom stereocenters. The zero-order valence-electron chi connectivity index (χ0n) is 13.4. The number of nitrogens with zero attached hydrogens (tertiary/aromatic N) is 2. The molecule has 0 aliphatic carbocycles. The summed E-state index contributed by atoms with van der Waals surface area (Å²) in [6.07, 6.45) is 1.92. The molecule has 3 rings (SSSR count). The number of sulfonamides is 1. The number of nitro groups is 1. The fraction of sp³-hybridized carbons (Fsp3) is 0.571. The van der Waals surface area contributed by atoms with Crippen LogP contribution in [0.2, 0.25) is 0 Å². The lowest BCUT2D eigenvalue weighted by molar-refractivity contribution is -0.384. The molecule has 0 radical (unpaired) electrons. The van der Waals surface area contributed by atoms with Gasteiger partial charge in [0.2, 0.25) is 10.0 Å². The minimum Gasteiger partial charge on any atom is -0.376 e. The van der Waals surface area contributed by atoms with E-state index in [1.807, 2.05) is 0 Å². The molecule has 2 heterocycles. The summed E-state index contributed by atoms with van der Waals surface area (Å²) in [4.78, 5) is 10.6. The first-order valence-corrected chi connectivity index (χ1v) is 11.2. The van der Waals surface area contributed by atoms with Crippen LogP contribution in [-0.4, -0.2) is 56.7 Å². The van der Waals surface area contributed by atoms with Crippen LogP contribution in [0.4, 0.5) is 11.4 Å². The van der Waals surface area contributed by atoms with E-state index in [1.54, 1.807) is 0 Å². The highest BCUT2D eigenvalue weighted by Gasteiger charge is 2.32. The Morgan fingerprint density at radius 2 is 1.92 bits per heavy atom. The lowest BCUT2D eigenvalue weighted by Crippen LogP contribution is -2.28. The van der Waals surface area contributed by atoms with Crippen LogP contribution >= 0.6 is 0 Å². The zero-order valence-corrected chi connectivity index (χ0v) is 15.1. The Bertz CT molecular complexity index is 891. The van der Waals surface area contributed by atoms with Crippen LogP contribution in [-0.2, 0) is 19.9 Å². The van der Waals surface area contributed by atoms with Crippen LogP contribution in [0.15, 0.2) is 23.1 Å². The van der Waals surface area contributed by atoms with E-state index in [0.29, 0.717) is 19.5 Å². The Kier molecular flexibility index (Phi) is 4.73. The van der Waals surface area contributed by atoms with Gasteiger partial charge in [-0.25, -0.2) is 16.8 Å². The molecule has 2 fully saturated rings. The van der Waals surface area contributed by atoms with Crippen LogP contribution in [0.25, 0.3) is 0 Å². The molecular weight excluding hydrogens is 370 g/mol. The third kappa shape index (κ3) is 3.77. The quantitative estimate of drug-likeness (QED) is 0.587. The van der Waals surface area contributed by atoms with E-state index in [4.69, 9.17) is 0 Å². The van der Waals surface area contributed by atoms with Gasteiger partial charge in [-0.3, -0.25) is 10.1 Å². The highest BCUT2D eigenvalue weighted by atomic mass is 32.2. The van der Waals surface area contributed by atoms with E-state index in [-0.39, 0.29) is 27.8 Å². The lowest BCUT2D eigenvalue weighted by Gasteiger charge is -2.17. The summed E-state index contributed by atoms with van der Waals surface area (Å²) in [5.41, 5.74) is -0.239. The van der Waals surface area contributed by atoms with Gasteiger partial charge in [-0.2, -0.15) is 4.31 Å². The van der Waals surface area contributed by atoms with Crippen molar-refractivity contribution in [3.63, 3.8) is 0 Å². The van der Waals surface area contributed by atoms with Crippen molar-refractivity contribution in [1.82, 2.24) is 4.31 Å². The molecule has 9 nitrogen and oxygen atoms in total. The van der Waals surface area contributed by atoms with Crippen molar-refractivity contribution >= 4 is 31.2 Å². The zero-order chi connectivity index (χ0) is 18.2. The van der Waals surface area contributed by atoms with Crippen LogP contribution in [0.1, 0.15) is 19.3 Å². The normalized spacial score (nSPS) is 23.6. The van der Waals surface area contributed by atoms with E-state index in [1.165, 1.54) is 16.4 Å². The second kappa shape index (κ2) is 6.54. The summed E-state index contributed by atoms with van der Waals surface area (Å²) in [7, 11) is -6.88. The van der Waals surface area contributed by atoms with Gasteiger partial charge < -0.3 is 5.32 Å². The molecule has 0 bridgehead atoms. The lowest BCUT2D eigenvalue weighted by atomic mass is 10.2. The highest BCUT2D eigenvalue weighted by Crippen LogP contribution is 2.31. The Hall–Kier alpha value is -1.72. The Morgan fingerprint density at radius 3 is 2.48 bits per heavy atom. The number of anilines is 1. The summed E-state index contributed by atoms with van der Waals surface area (Å²) in [6, 6.07) is 3.29. The summed E-state index contributed by atoms with van der Waals surface area (Å²) < 4.78 is 49.5. The van der Waals surface area contributed by atoms with Gasteiger partial charge in [0, 0.05) is 25.2 Å². The van der Waals surface area contributed by atoms with Gasteiger partial charge >= 0.3 is 0 Å². The first-order chi connectivity index (χ1) is 11.7. The molecule has 0 amide bonds. The summed E-state index contributed by atoms with van der Waals surface area (Å²) in [5, 5.41) is 14.2. The molecule has 1 aromatic rings. The molecule has 1 aromatic carbocycles. The molecule has 2 aliphatic heterocycles. The molecule has 2 aliphatic rings. The second-order valence-electron chi connectivity index (χ2n) is 6.29. The average molecular weight is 389 g/mol. The number of rotatable bonds is 5. The monoisotopic (exact) mass is 389 g/mol. The third-order valence-electron chi connectivity index (χ3n) is 4.46. The van der Waals surface area contributed by atoms with Gasteiger partial charge in [-0.05, 0) is 31.4 Å². The molecule has 0 saturated carbocycles. The first-order valence-electron chi connectivity index (χ1n) is 7.95. The summed E-state index contributed by atoms with van der Waals surface area (Å²) in [5.74, 6) is -0.0438. The molecule has 2 saturated heterocycles. The van der Waals surface area contributed by atoms with Gasteiger partial charge in [0.25, 0.3) is 5.69 Å². The van der Waals surface area contributed by atoms with E-state index < -0.39 is 30.8 Å². The maximum Gasteiger partial charge on any atom is 0.293 e. The molecule has 11 heteroatoms. The number of nitro benzene ring substituents is 1. The minimum atomic E-state index is -3.75. The molecule has 0 unspecified atom stereocenters. The smallest absolute Gasteiger partial charge is 0.293 e. The van der Waals surface area contributed by atoms with Crippen molar-refractivity contribution in [2.45, 2.75) is 30.2 Å². The van der Waals surface area contributed by atoms with Crippen molar-refractivity contribution in [1.29, 1.82) is 0 Å². The van der Waals surface area contributed by atoms with Crippen LogP contribution in [0.5, 0.6) is 0 Å². The highest BCUT2D eigenvalue weighted by molar-refractivity contribution is 7.91. The van der Waals surface area contributed by atoms with Crippen molar-refractivity contribution in [2.24, 2.45) is 0 Å². The first kappa shape index (κ1) is 18.1. The molecule has 1 N–H and O–H groups in total. The summed E-state index contributed by atoms with van der Waals surface area (Å²) >= 11 is 0.